The van der Waals surface area contributed by atoms with Crippen LogP contribution in [0.2, 0.25) is 0 Å². The first-order valence-electron chi connectivity index (χ1n) is 5.89. The molecule has 0 aliphatic heterocycles. The van der Waals surface area contributed by atoms with Gasteiger partial charge in [0.05, 0.1) is 5.75 Å². The van der Waals surface area contributed by atoms with Gasteiger partial charge in [-0.15, -0.1) is 0 Å². The van der Waals surface area contributed by atoms with Crippen molar-refractivity contribution in [2.45, 2.75) is 25.7 Å². The van der Waals surface area contributed by atoms with Gasteiger partial charge in [0.25, 0.3) is 0 Å². The summed E-state index contributed by atoms with van der Waals surface area (Å²) in [6.45, 7) is 0.258. The van der Waals surface area contributed by atoms with Gasteiger partial charge in [-0.1, -0.05) is 0 Å². The van der Waals surface area contributed by atoms with Crippen molar-refractivity contribution in [3.05, 3.63) is 0 Å². The first-order valence-corrected chi connectivity index (χ1v) is 7.95. The third-order valence-corrected chi connectivity index (χ3v) is 4.88. The molecule has 2 N–H and O–H groups in total. The molecule has 18 heavy (non-hydrogen) atoms. The van der Waals surface area contributed by atoms with Crippen LogP contribution in [0, 0.1) is 10.8 Å². The first-order chi connectivity index (χ1) is 8.19. The predicted octanol–water partition coefficient (Wildman–Crippen LogP) is -0.208. The zero-order chi connectivity index (χ0) is 13.6. The standard InChI is InChI=1S/C11H17NO5S/c1-18(16,17)7-10(2-3-10)6-12-8(13)11(4-5-11)9(14)15/h2-7H2,1H3,(H,12,13)(H,14,15). The molecule has 0 unspecified atom stereocenters. The zero-order valence-electron chi connectivity index (χ0n) is 10.2. The average molecular weight is 275 g/mol. The fourth-order valence-electron chi connectivity index (χ4n) is 2.21. The summed E-state index contributed by atoms with van der Waals surface area (Å²) in [4.78, 5) is 22.7. The topological polar surface area (TPSA) is 101 Å². The molecule has 0 atom stereocenters. The van der Waals surface area contributed by atoms with Gasteiger partial charge < -0.3 is 10.4 Å². The van der Waals surface area contributed by atoms with Crippen molar-refractivity contribution in [1.82, 2.24) is 5.32 Å². The first kappa shape index (κ1) is 13.3. The highest BCUT2D eigenvalue weighted by Crippen LogP contribution is 2.48. The highest BCUT2D eigenvalue weighted by molar-refractivity contribution is 7.90. The molecule has 0 aromatic rings. The normalized spacial score (nSPS) is 23.2. The Hall–Kier alpha value is -1.11. The zero-order valence-corrected chi connectivity index (χ0v) is 11.0. The van der Waals surface area contributed by atoms with Gasteiger partial charge in [0.2, 0.25) is 5.91 Å². The Labute approximate surface area is 106 Å². The lowest BCUT2D eigenvalue weighted by molar-refractivity contribution is -0.149. The molecular formula is C11H17NO5S. The Morgan fingerprint density at radius 1 is 1.22 bits per heavy atom. The summed E-state index contributed by atoms with van der Waals surface area (Å²) in [5.41, 5.74) is -1.61. The van der Waals surface area contributed by atoms with E-state index in [2.05, 4.69) is 5.32 Å². The maximum absolute atomic E-state index is 11.8. The fraction of sp³-hybridized carbons (Fsp3) is 0.818. The van der Waals surface area contributed by atoms with Crippen molar-refractivity contribution >= 4 is 21.7 Å². The number of hydrogen-bond donors (Lipinski definition) is 2. The number of carboxylic acid groups (broad SMARTS) is 1. The van der Waals surface area contributed by atoms with Crippen molar-refractivity contribution in [2.75, 3.05) is 18.6 Å². The lowest BCUT2D eigenvalue weighted by Gasteiger charge is -2.17. The van der Waals surface area contributed by atoms with Crippen LogP contribution < -0.4 is 5.32 Å². The molecule has 2 fully saturated rings. The molecule has 2 rings (SSSR count). The molecule has 2 saturated carbocycles. The molecule has 0 aromatic carbocycles. The minimum atomic E-state index is -3.07. The summed E-state index contributed by atoms with van der Waals surface area (Å²) in [5.74, 6) is -1.51. The third-order valence-electron chi connectivity index (χ3n) is 3.74. The number of hydrogen-bond acceptors (Lipinski definition) is 4. The van der Waals surface area contributed by atoms with Crippen LogP contribution in [-0.2, 0) is 19.4 Å². The number of carbonyl (C=O) groups is 2. The van der Waals surface area contributed by atoms with E-state index in [9.17, 15) is 18.0 Å². The molecule has 1 amide bonds. The number of aliphatic carboxylic acids is 1. The minimum Gasteiger partial charge on any atom is -0.480 e. The van der Waals surface area contributed by atoms with Crippen LogP contribution in [0.3, 0.4) is 0 Å². The second-order valence-corrected chi connectivity index (χ2v) is 7.78. The molecule has 2 aliphatic rings. The van der Waals surface area contributed by atoms with Crippen LogP contribution in [-0.4, -0.2) is 44.0 Å². The van der Waals surface area contributed by atoms with Gasteiger partial charge in [-0.2, -0.15) is 0 Å². The molecule has 6 nitrogen and oxygen atoms in total. The summed E-state index contributed by atoms with van der Waals surface area (Å²) < 4.78 is 22.5. The van der Waals surface area contributed by atoms with Crippen molar-refractivity contribution in [1.29, 1.82) is 0 Å². The molecule has 0 radical (unpaired) electrons. The number of rotatable bonds is 6. The van der Waals surface area contributed by atoms with Crippen LogP contribution in [0.15, 0.2) is 0 Å². The van der Waals surface area contributed by atoms with Crippen LogP contribution in [0.4, 0.5) is 0 Å². The van der Waals surface area contributed by atoms with E-state index in [0.29, 0.717) is 12.8 Å². The molecular weight excluding hydrogens is 258 g/mol. The Bertz CT molecular complexity index is 488. The quantitative estimate of drug-likeness (QED) is 0.653. The molecule has 7 heteroatoms. The Morgan fingerprint density at radius 3 is 2.11 bits per heavy atom. The van der Waals surface area contributed by atoms with E-state index in [1.807, 2.05) is 0 Å². The summed E-state index contributed by atoms with van der Waals surface area (Å²) in [6.07, 6.45) is 3.44. The summed E-state index contributed by atoms with van der Waals surface area (Å²) in [7, 11) is -3.07. The molecule has 0 bridgehead atoms. The van der Waals surface area contributed by atoms with Crippen molar-refractivity contribution in [2.24, 2.45) is 10.8 Å². The van der Waals surface area contributed by atoms with E-state index >= 15 is 0 Å². The third kappa shape index (κ3) is 2.66. The van der Waals surface area contributed by atoms with Crippen LogP contribution in [0.1, 0.15) is 25.7 Å². The van der Waals surface area contributed by atoms with Gasteiger partial charge in [0, 0.05) is 18.2 Å². The molecule has 0 saturated heterocycles. The smallest absolute Gasteiger partial charge is 0.319 e. The Morgan fingerprint density at radius 2 is 1.78 bits per heavy atom. The summed E-state index contributed by atoms with van der Waals surface area (Å²) in [5, 5.41) is 11.6. The highest BCUT2D eigenvalue weighted by atomic mass is 32.2. The monoisotopic (exact) mass is 275 g/mol. The lowest BCUT2D eigenvalue weighted by atomic mass is 10.1. The Balaban J connectivity index is 1.89. The highest BCUT2D eigenvalue weighted by Gasteiger charge is 2.57. The van der Waals surface area contributed by atoms with E-state index in [1.54, 1.807) is 0 Å². The minimum absolute atomic E-state index is 0.0559. The molecule has 2 aliphatic carbocycles. The van der Waals surface area contributed by atoms with Crippen molar-refractivity contribution in [3.63, 3.8) is 0 Å². The number of amides is 1. The van der Waals surface area contributed by atoms with Crippen molar-refractivity contribution in [3.8, 4) is 0 Å². The van der Waals surface area contributed by atoms with Gasteiger partial charge in [-0.25, -0.2) is 8.42 Å². The van der Waals surface area contributed by atoms with Gasteiger partial charge >= 0.3 is 5.97 Å². The van der Waals surface area contributed by atoms with E-state index in [1.165, 1.54) is 6.26 Å². The largest absolute Gasteiger partial charge is 0.480 e. The van der Waals surface area contributed by atoms with Gasteiger partial charge in [-0.3, -0.25) is 9.59 Å². The number of carbonyl (C=O) groups excluding carboxylic acids is 1. The Kier molecular flexibility index (Phi) is 2.92. The number of carboxylic acids is 1. The van der Waals surface area contributed by atoms with Crippen LogP contribution in [0.25, 0.3) is 0 Å². The molecule has 102 valence electrons. The maximum atomic E-state index is 11.8. The summed E-state index contributed by atoms with van der Waals surface area (Å²) >= 11 is 0. The fourth-order valence-corrected chi connectivity index (χ4v) is 3.71. The molecule has 0 heterocycles. The van der Waals surface area contributed by atoms with E-state index < -0.39 is 27.1 Å². The van der Waals surface area contributed by atoms with Gasteiger partial charge in [0.1, 0.15) is 15.3 Å². The van der Waals surface area contributed by atoms with E-state index in [-0.39, 0.29) is 17.7 Å². The molecule has 0 aromatic heterocycles. The van der Waals surface area contributed by atoms with Gasteiger partial charge in [0.15, 0.2) is 0 Å². The lowest BCUT2D eigenvalue weighted by Crippen LogP contribution is -2.41. The van der Waals surface area contributed by atoms with E-state index in [4.69, 9.17) is 5.11 Å². The van der Waals surface area contributed by atoms with Gasteiger partial charge in [-0.05, 0) is 25.7 Å². The van der Waals surface area contributed by atoms with Crippen LogP contribution >= 0.6 is 0 Å². The average Bonchev–Trinajstić information content (AvgIpc) is 3.07. The number of sulfone groups is 1. The second kappa shape index (κ2) is 3.94. The maximum Gasteiger partial charge on any atom is 0.319 e. The number of nitrogens with one attached hydrogen (secondary N) is 1. The SMILES string of the molecule is CS(=O)(=O)CC1(CNC(=O)C2(C(=O)O)CC2)CC1. The van der Waals surface area contributed by atoms with Crippen molar-refractivity contribution < 1.29 is 23.1 Å². The summed E-state index contributed by atoms with van der Waals surface area (Å²) in [6, 6.07) is 0. The predicted molar refractivity (Wildman–Crippen MR) is 63.7 cm³/mol. The molecule has 0 spiro atoms. The van der Waals surface area contributed by atoms with E-state index in [0.717, 1.165) is 12.8 Å². The second-order valence-electron chi connectivity index (χ2n) is 5.64. The van der Waals surface area contributed by atoms with Crippen LogP contribution in [0.5, 0.6) is 0 Å².